The van der Waals surface area contributed by atoms with Gasteiger partial charge in [-0.05, 0) is 23.3 Å². The molecule has 0 unspecified atom stereocenters. The Labute approximate surface area is 111 Å². The molecule has 2 nitrogen and oxygen atoms in total. The van der Waals surface area contributed by atoms with Crippen LogP contribution in [0.4, 0.5) is 0 Å². The molecule has 2 heteroatoms. The number of benzene rings is 2. The first-order chi connectivity index (χ1) is 9.34. The fourth-order valence-electron chi connectivity index (χ4n) is 1.99. The highest BCUT2D eigenvalue weighted by Gasteiger charge is 2.11. The van der Waals surface area contributed by atoms with Gasteiger partial charge in [-0.15, -0.1) is 0 Å². The Balaban J connectivity index is 1.90. The second kappa shape index (κ2) is 4.94. The van der Waals surface area contributed by atoms with Crippen LogP contribution < -0.4 is 0 Å². The largest absolute Gasteiger partial charge is 0.461 e. The maximum Gasteiger partial charge on any atom is 0.228 e. The molecule has 0 bridgehead atoms. The van der Waals surface area contributed by atoms with Gasteiger partial charge in [0.15, 0.2) is 5.76 Å². The van der Waals surface area contributed by atoms with Gasteiger partial charge in [0, 0.05) is 5.56 Å². The third-order valence-corrected chi connectivity index (χ3v) is 3.00. The highest BCUT2D eigenvalue weighted by Crippen LogP contribution is 2.20. The molecule has 0 radical (unpaired) electrons. The Bertz CT molecular complexity index is 665. The summed E-state index contributed by atoms with van der Waals surface area (Å²) in [6, 6.07) is 21.0. The average Bonchev–Trinajstić information content (AvgIpc) is 3.02. The van der Waals surface area contributed by atoms with E-state index in [2.05, 4.69) is 0 Å². The summed E-state index contributed by atoms with van der Waals surface area (Å²) in [5, 5.41) is 0. The normalized spacial score (nSPS) is 10.3. The van der Waals surface area contributed by atoms with Gasteiger partial charge < -0.3 is 4.42 Å². The van der Waals surface area contributed by atoms with E-state index in [1.807, 2.05) is 54.6 Å². The first-order valence-corrected chi connectivity index (χ1v) is 6.08. The van der Waals surface area contributed by atoms with Crippen LogP contribution in [0.1, 0.15) is 16.1 Å². The first kappa shape index (κ1) is 11.5. The quantitative estimate of drug-likeness (QED) is 0.651. The Hall–Kier alpha value is -2.61. The summed E-state index contributed by atoms with van der Waals surface area (Å²) in [6.45, 7) is 0. The van der Waals surface area contributed by atoms with Crippen molar-refractivity contribution in [2.45, 2.75) is 0 Å². The molecule has 3 aromatic rings. The molecule has 0 aliphatic heterocycles. The van der Waals surface area contributed by atoms with Crippen molar-refractivity contribution in [2.24, 2.45) is 0 Å². The second-order valence-corrected chi connectivity index (χ2v) is 4.25. The van der Waals surface area contributed by atoms with E-state index in [0.717, 1.165) is 11.1 Å². The second-order valence-electron chi connectivity index (χ2n) is 4.25. The molecular weight excluding hydrogens is 236 g/mol. The summed E-state index contributed by atoms with van der Waals surface area (Å²) < 4.78 is 5.12. The van der Waals surface area contributed by atoms with Crippen LogP contribution in [0.3, 0.4) is 0 Å². The highest BCUT2D eigenvalue weighted by atomic mass is 16.3. The Morgan fingerprint density at radius 1 is 0.737 bits per heavy atom. The average molecular weight is 248 g/mol. The number of rotatable bonds is 3. The summed E-state index contributed by atoms with van der Waals surface area (Å²) in [6.07, 6.45) is 1.51. The van der Waals surface area contributed by atoms with E-state index in [0.29, 0.717) is 11.3 Å². The van der Waals surface area contributed by atoms with E-state index < -0.39 is 0 Å². The van der Waals surface area contributed by atoms with Gasteiger partial charge in [-0.3, -0.25) is 4.79 Å². The predicted octanol–water partition coefficient (Wildman–Crippen LogP) is 4.18. The van der Waals surface area contributed by atoms with Crippen LogP contribution in [0, 0.1) is 0 Å². The molecule has 0 saturated heterocycles. The molecule has 3 rings (SSSR count). The van der Waals surface area contributed by atoms with E-state index in [9.17, 15) is 4.79 Å². The lowest BCUT2D eigenvalue weighted by Gasteiger charge is -2.02. The fraction of sp³-hybridized carbons (Fsp3) is 0. The zero-order chi connectivity index (χ0) is 13.1. The topological polar surface area (TPSA) is 30.2 Å². The van der Waals surface area contributed by atoms with E-state index in [-0.39, 0.29) is 5.78 Å². The Morgan fingerprint density at radius 2 is 1.42 bits per heavy atom. The number of carbonyl (C=O) groups is 1. The number of hydrogen-bond acceptors (Lipinski definition) is 2. The zero-order valence-electron chi connectivity index (χ0n) is 10.2. The lowest BCUT2D eigenvalue weighted by molar-refractivity contribution is 0.101. The highest BCUT2D eigenvalue weighted by molar-refractivity contribution is 6.07. The summed E-state index contributed by atoms with van der Waals surface area (Å²) in [5.74, 6) is 0.275. The van der Waals surface area contributed by atoms with Gasteiger partial charge in [-0.1, -0.05) is 54.6 Å². The minimum absolute atomic E-state index is 0.0930. The van der Waals surface area contributed by atoms with Gasteiger partial charge >= 0.3 is 0 Å². The van der Waals surface area contributed by atoms with E-state index in [1.54, 1.807) is 12.1 Å². The molecule has 92 valence electrons. The van der Waals surface area contributed by atoms with Crippen LogP contribution in [0.2, 0.25) is 0 Å². The van der Waals surface area contributed by atoms with Gasteiger partial charge in [0.1, 0.15) is 0 Å². The molecule has 0 saturated carbocycles. The van der Waals surface area contributed by atoms with E-state index in [4.69, 9.17) is 4.42 Å². The lowest BCUT2D eigenvalue weighted by atomic mass is 10.0. The lowest BCUT2D eigenvalue weighted by Crippen LogP contribution is -1.98. The first-order valence-electron chi connectivity index (χ1n) is 6.08. The molecule has 0 fully saturated rings. The molecule has 0 N–H and O–H groups in total. The van der Waals surface area contributed by atoms with Crippen LogP contribution in [0.25, 0.3) is 11.1 Å². The van der Waals surface area contributed by atoms with Gasteiger partial charge in [-0.25, -0.2) is 0 Å². The Morgan fingerprint density at radius 3 is 2.05 bits per heavy atom. The van der Waals surface area contributed by atoms with Crippen LogP contribution in [-0.4, -0.2) is 5.78 Å². The van der Waals surface area contributed by atoms with Gasteiger partial charge in [-0.2, -0.15) is 0 Å². The van der Waals surface area contributed by atoms with Crippen molar-refractivity contribution in [1.82, 2.24) is 0 Å². The smallest absolute Gasteiger partial charge is 0.228 e. The molecule has 0 atom stereocenters. The van der Waals surface area contributed by atoms with Crippen molar-refractivity contribution < 1.29 is 9.21 Å². The van der Waals surface area contributed by atoms with Crippen molar-refractivity contribution in [3.05, 3.63) is 84.3 Å². The van der Waals surface area contributed by atoms with Crippen molar-refractivity contribution in [1.29, 1.82) is 0 Å². The number of furan rings is 1. The molecule has 19 heavy (non-hydrogen) atoms. The molecule has 0 spiro atoms. The molecule has 0 aliphatic rings. The minimum atomic E-state index is -0.0930. The predicted molar refractivity (Wildman–Crippen MR) is 74.0 cm³/mol. The van der Waals surface area contributed by atoms with Crippen molar-refractivity contribution in [3.8, 4) is 11.1 Å². The number of carbonyl (C=O) groups excluding carboxylic acids is 1. The van der Waals surface area contributed by atoms with E-state index in [1.165, 1.54) is 6.26 Å². The molecular formula is C17H12O2. The van der Waals surface area contributed by atoms with E-state index >= 15 is 0 Å². The maximum atomic E-state index is 12.1. The summed E-state index contributed by atoms with van der Waals surface area (Å²) in [5.41, 5.74) is 2.87. The summed E-state index contributed by atoms with van der Waals surface area (Å²) in [7, 11) is 0. The van der Waals surface area contributed by atoms with Gasteiger partial charge in [0.2, 0.25) is 5.78 Å². The SMILES string of the molecule is O=C(c1ccc(-c2ccccc2)cc1)c1ccco1. The molecule has 1 heterocycles. The standard InChI is InChI=1S/C17H12O2/c18-17(16-7-4-12-19-16)15-10-8-14(9-11-15)13-5-2-1-3-6-13/h1-12H. The monoisotopic (exact) mass is 248 g/mol. The molecule has 2 aromatic carbocycles. The van der Waals surface area contributed by atoms with Gasteiger partial charge in [0.25, 0.3) is 0 Å². The maximum absolute atomic E-state index is 12.1. The van der Waals surface area contributed by atoms with Crippen LogP contribution in [-0.2, 0) is 0 Å². The van der Waals surface area contributed by atoms with Crippen LogP contribution >= 0.6 is 0 Å². The summed E-state index contributed by atoms with van der Waals surface area (Å²) >= 11 is 0. The number of hydrogen-bond donors (Lipinski definition) is 0. The molecule has 0 amide bonds. The fourth-order valence-corrected chi connectivity index (χ4v) is 1.99. The van der Waals surface area contributed by atoms with Crippen molar-refractivity contribution in [3.63, 3.8) is 0 Å². The minimum Gasteiger partial charge on any atom is -0.461 e. The third kappa shape index (κ3) is 2.33. The van der Waals surface area contributed by atoms with Crippen LogP contribution in [0.5, 0.6) is 0 Å². The molecule has 0 aliphatic carbocycles. The zero-order valence-corrected chi connectivity index (χ0v) is 10.2. The third-order valence-electron chi connectivity index (χ3n) is 3.00. The Kier molecular flexibility index (Phi) is 2.99. The molecule has 1 aromatic heterocycles. The van der Waals surface area contributed by atoms with Crippen molar-refractivity contribution >= 4 is 5.78 Å². The summed E-state index contributed by atoms with van der Waals surface area (Å²) in [4.78, 5) is 12.1. The number of ketones is 1. The van der Waals surface area contributed by atoms with Gasteiger partial charge in [0.05, 0.1) is 6.26 Å². The van der Waals surface area contributed by atoms with Crippen molar-refractivity contribution in [2.75, 3.05) is 0 Å². The van der Waals surface area contributed by atoms with Crippen LogP contribution in [0.15, 0.2) is 77.4 Å².